The van der Waals surface area contributed by atoms with Crippen molar-refractivity contribution >= 4 is 21.8 Å². The molecule has 0 aromatic heterocycles. The van der Waals surface area contributed by atoms with Gasteiger partial charge in [-0.1, -0.05) is 34.1 Å². The summed E-state index contributed by atoms with van der Waals surface area (Å²) in [6, 6.07) is 8.15. The zero-order valence-electron chi connectivity index (χ0n) is 9.87. The monoisotopic (exact) mass is 296 g/mol. The van der Waals surface area contributed by atoms with Crippen molar-refractivity contribution in [2.24, 2.45) is 5.73 Å². The fraction of sp³-hybridized carbons (Fsp3) is 0.462. The van der Waals surface area contributed by atoms with Gasteiger partial charge in [-0.15, -0.1) is 0 Å². The summed E-state index contributed by atoms with van der Waals surface area (Å²) in [7, 11) is 0. The molecular formula is C13H17BrN2O. The summed E-state index contributed by atoms with van der Waals surface area (Å²) in [5, 5.41) is 2.97. The van der Waals surface area contributed by atoms with E-state index in [2.05, 4.69) is 27.3 Å². The Balaban J connectivity index is 1.91. The van der Waals surface area contributed by atoms with E-state index in [0.29, 0.717) is 0 Å². The largest absolute Gasteiger partial charge is 0.352 e. The maximum absolute atomic E-state index is 11.8. The quantitative estimate of drug-likeness (QED) is 0.893. The van der Waals surface area contributed by atoms with Crippen LogP contribution in [0, 0.1) is 0 Å². The molecule has 1 amide bonds. The standard InChI is InChI=1S/C13H17BrN2O/c1-9(16-12(17)13(15)6-7-13)8-10-4-2-3-5-11(10)14/h2-5,9H,6-8,15H2,1H3,(H,16,17). The molecule has 0 heterocycles. The molecule has 1 aromatic carbocycles. The zero-order chi connectivity index (χ0) is 12.5. The lowest BCUT2D eigenvalue weighted by atomic mass is 10.1. The molecule has 1 aliphatic carbocycles. The molecule has 0 radical (unpaired) electrons. The Bertz CT molecular complexity index is 429. The minimum atomic E-state index is -0.581. The highest BCUT2D eigenvalue weighted by molar-refractivity contribution is 9.10. The molecule has 1 fully saturated rings. The molecule has 4 heteroatoms. The first-order valence-electron chi connectivity index (χ1n) is 5.84. The molecule has 2 rings (SSSR count). The van der Waals surface area contributed by atoms with E-state index in [9.17, 15) is 4.79 Å². The van der Waals surface area contributed by atoms with Gasteiger partial charge < -0.3 is 11.1 Å². The summed E-state index contributed by atoms with van der Waals surface area (Å²) in [5.41, 5.74) is 6.46. The molecule has 1 atom stereocenters. The topological polar surface area (TPSA) is 55.1 Å². The Morgan fingerprint density at radius 2 is 2.18 bits per heavy atom. The first kappa shape index (κ1) is 12.6. The highest BCUT2D eigenvalue weighted by Gasteiger charge is 2.46. The Kier molecular flexibility index (Phi) is 3.54. The molecule has 3 nitrogen and oxygen atoms in total. The summed E-state index contributed by atoms with van der Waals surface area (Å²) in [5.74, 6) is -0.0166. The molecule has 1 unspecified atom stereocenters. The van der Waals surface area contributed by atoms with E-state index in [1.54, 1.807) is 0 Å². The first-order valence-corrected chi connectivity index (χ1v) is 6.64. The van der Waals surface area contributed by atoms with Crippen molar-refractivity contribution in [2.45, 2.75) is 37.8 Å². The van der Waals surface area contributed by atoms with Gasteiger partial charge in [-0.2, -0.15) is 0 Å². The van der Waals surface area contributed by atoms with E-state index in [0.717, 1.165) is 23.7 Å². The summed E-state index contributed by atoms with van der Waals surface area (Å²) in [4.78, 5) is 11.8. The Labute approximate surface area is 110 Å². The number of rotatable bonds is 4. The average molecular weight is 297 g/mol. The van der Waals surface area contributed by atoms with Crippen molar-refractivity contribution in [1.29, 1.82) is 0 Å². The molecular weight excluding hydrogens is 280 g/mol. The second-order valence-electron chi connectivity index (χ2n) is 4.83. The lowest BCUT2D eigenvalue weighted by Gasteiger charge is -2.17. The Morgan fingerprint density at radius 1 is 1.53 bits per heavy atom. The number of carbonyl (C=O) groups excluding carboxylic acids is 1. The summed E-state index contributed by atoms with van der Waals surface area (Å²) < 4.78 is 1.08. The van der Waals surface area contributed by atoms with Gasteiger partial charge in [0.2, 0.25) is 5.91 Å². The molecule has 0 bridgehead atoms. The maximum Gasteiger partial charge on any atom is 0.240 e. The molecule has 1 saturated carbocycles. The van der Waals surface area contributed by atoms with Crippen LogP contribution in [-0.4, -0.2) is 17.5 Å². The van der Waals surface area contributed by atoms with Crippen LogP contribution in [-0.2, 0) is 11.2 Å². The van der Waals surface area contributed by atoms with Crippen molar-refractivity contribution < 1.29 is 4.79 Å². The SMILES string of the molecule is CC(Cc1ccccc1Br)NC(=O)C1(N)CC1. The van der Waals surface area contributed by atoms with Crippen LogP contribution in [0.15, 0.2) is 28.7 Å². The van der Waals surface area contributed by atoms with Crippen molar-refractivity contribution in [3.63, 3.8) is 0 Å². The highest BCUT2D eigenvalue weighted by Crippen LogP contribution is 2.32. The number of hydrogen-bond donors (Lipinski definition) is 2. The van der Waals surface area contributed by atoms with E-state index in [1.807, 2.05) is 25.1 Å². The normalized spacial score (nSPS) is 18.5. The molecule has 0 saturated heterocycles. The third-order valence-electron chi connectivity index (χ3n) is 3.10. The fourth-order valence-corrected chi connectivity index (χ4v) is 2.22. The van der Waals surface area contributed by atoms with Gasteiger partial charge in [0.1, 0.15) is 0 Å². The number of nitrogens with one attached hydrogen (secondary N) is 1. The Morgan fingerprint density at radius 3 is 2.76 bits per heavy atom. The summed E-state index contributed by atoms with van der Waals surface area (Å²) in [6.45, 7) is 2.00. The predicted molar refractivity (Wildman–Crippen MR) is 71.6 cm³/mol. The second-order valence-corrected chi connectivity index (χ2v) is 5.68. The van der Waals surface area contributed by atoms with Crippen molar-refractivity contribution in [1.82, 2.24) is 5.32 Å². The van der Waals surface area contributed by atoms with Gasteiger partial charge in [-0.05, 0) is 37.8 Å². The second kappa shape index (κ2) is 4.78. The average Bonchev–Trinajstić information content (AvgIpc) is 3.01. The van der Waals surface area contributed by atoms with Crippen LogP contribution in [0.25, 0.3) is 0 Å². The number of hydrogen-bond acceptors (Lipinski definition) is 2. The molecule has 0 aliphatic heterocycles. The van der Waals surface area contributed by atoms with Crippen LogP contribution in [0.5, 0.6) is 0 Å². The van der Waals surface area contributed by atoms with Gasteiger partial charge in [0.25, 0.3) is 0 Å². The number of nitrogens with two attached hydrogens (primary N) is 1. The minimum absolute atomic E-state index is 0.0166. The lowest BCUT2D eigenvalue weighted by molar-refractivity contribution is -0.123. The highest BCUT2D eigenvalue weighted by atomic mass is 79.9. The third-order valence-corrected chi connectivity index (χ3v) is 3.88. The van der Waals surface area contributed by atoms with Gasteiger partial charge in [0.15, 0.2) is 0 Å². The van der Waals surface area contributed by atoms with Gasteiger partial charge in [0, 0.05) is 10.5 Å². The van der Waals surface area contributed by atoms with Crippen LogP contribution in [0.3, 0.4) is 0 Å². The Hall–Kier alpha value is -0.870. The van der Waals surface area contributed by atoms with Crippen molar-refractivity contribution in [3.05, 3.63) is 34.3 Å². The van der Waals surface area contributed by atoms with Gasteiger partial charge in [0.05, 0.1) is 5.54 Å². The van der Waals surface area contributed by atoms with Gasteiger partial charge in [-0.25, -0.2) is 0 Å². The van der Waals surface area contributed by atoms with E-state index in [1.165, 1.54) is 5.56 Å². The molecule has 1 aromatic rings. The van der Waals surface area contributed by atoms with E-state index >= 15 is 0 Å². The third kappa shape index (κ3) is 3.07. The number of amides is 1. The number of benzene rings is 1. The minimum Gasteiger partial charge on any atom is -0.352 e. The summed E-state index contributed by atoms with van der Waals surface area (Å²) in [6.07, 6.45) is 2.42. The smallest absolute Gasteiger partial charge is 0.240 e. The number of carbonyl (C=O) groups is 1. The first-order chi connectivity index (χ1) is 8.01. The van der Waals surface area contributed by atoms with Crippen LogP contribution >= 0.6 is 15.9 Å². The lowest BCUT2D eigenvalue weighted by Crippen LogP contribution is -2.46. The van der Waals surface area contributed by atoms with Crippen LogP contribution in [0.2, 0.25) is 0 Å². The van der Waals surface area contributed by atoms with Gasteiger partial charge >= 0.3 is 0 Å². The van der Waals surface area contributed by atoms with E-state index in [4.69, 9.17) is 5.73 Å². The molecule has 3 N–H and O–H groups in total. The molecule has 92 valence electrons. The van der Waals surface area contributed by atoms with E-state index < -0.39 is 5.54 Å². The van der Waals surface area contributed by atoms with Crippen LogP contribution < -0.4 is 11.1 Å². The van der Waals surface area contributed by atoms with Crippen LogP contribution in [0.1, 0.15) is 25.3 Å². The van der Waals surface area contributed by atoms with Crippen molar-refractivity contribution in [2.75, 3.05) is 0 Å². The van der Waals surface area contributed by atoms with Crippen molar-refractivity contribution in [3.8, 4) is 0 Å². The van der Waals surface area contributed by atoms with E-state index in [-0.39, 0.29) is 11.9 Å². The predicted octanol–water partition coefficient (Wildman–Crippen LogP) is 1.99. The molecule has 1 aliphatic rings. The maximum atomic E-state index is 11.8. The van der Waals surface area contributed by atoms with Crippen LogP contribution in [0.4, 0.5) is 0 Å². The number of halogens is 1. The zero-order valence-corrected chi connectivity index (χ0v) is 11.5. The molecule has 17 heavy (non-hydrogen) atoms. The fourth-order valence-electron chi connectivity index (χ4n) is 1.77. The van der Waals surface area contributed by atoms with Gasteiger partial charge in [-0.3, -0.25) is 4.79 Å². The molecule has 0 spiro atoms. The summed E-state index contributed by atoms with van der Waals surface area (Å²) >= 11 is 3.51.